The van der Waals surface area contributed by atoms with Gasteiger partial charge in [0, 0.05) is 5.56 Å². The van der Waals surface area contributed by atoms with Crippen LogP contribution in [0, 0.1) is 13.8 Å². The molecule has 0 aromatic heterocycles. The van der Waals surface area contributed by atoms with Gasteiger partial charge < -0.3 is 9.53 Å². The second-order valence-electron chi connectivity index (χ2n) is 6.94. The molecule has 20 heavy (non-hydrogen) atoms. The van der Waals surface area contributed by atoms with Crippen LogP contribution in [0.25, 0.3) is 6.08 Å². The second kappa shape index (κ2) is 6.14. The summed E-state index contributed by atoms with van der Waals surface area (Å²) < 4.78 is 6.10. The van der Waals surface area contributed by atoms with E-state index in [0.29, 0.717) is 12.4 Å². The van der Waals surface area contributed by atoms with Crippen LogP contribution in [0.3, 0.4) is 0 Å². The Kier molecular flexibility index (Phi) is 5.22. The third kappa shape index (κ3) is 3.97. The summed E-state index contributed by atoms with van der Waals surface area (Å²) in [6.45, 7) is 15.7. The summed E-state index contributed by atoms with van der Waals surface area (Å²) in [6.07, 6.45) is 3.97. The van der Waals surface area contributed by atoms with Crippen molar-refractivity contribution in [2.75, 3.05) is 6.61 Å². The Balaban J connectivity index is 2.75. The van der Waals surface area contributed by atoms with Crippen molar-refractivity contribution >= 4 is 14.4 Å². The van der Waals surface area contributed by atoms with Crippen molar-refractivity contribution in [2.45, 2.75) is 52.8 Å². The third-order valence-corrected chi connectivity index (χ3v) is 8.77. The van der Waals surface area contributed by atoms with Crippen molar-refractivity contribution in [3.8, 4) is 5.75 Å². The molecule has 1 N–H and O–H groups in total. The Labute approximate surface area is 124 Å². The molecule has 1 aromatic carbocycles. The molecule has 0 saturated carbocycles. The van der Waals surface area contributed by atoms with Gasteiger partial charge in [0.25, 0.3) is 0 Å². The first-order valence-electron chi connectivity index (χ1n) is 7.16. The van der Waals surface area contributed by atoms with E-state index in [-0.39, 0.29) is 5.04 Å². The van der Waals surface area contributed by atoms with Crippen LogP contribution in [0.15, 0.2) is 18.2 Å². The molecule has 0 unspecified atom stereocenters. The van der Waals surface area contributed by atoms with Crippen molar-refractivity contribution in [1.82, 2.24) is 0 Å². The summed E-state index contributed by atoms with van der Waals surface area (Å²) in [6, 6.07) is 3.97. The molecule has 0 heterocycles. The van der Waals surface area contributed by atoms with Gasteiger partial charge >= 0.3 is 0 Å². The van der Waals surface area contributed by atoms with Crippen LogP contribution in [-0.4, -0.2) is 20.0 Å². The molecular formula is C17H28O2Si. The maximum atomic E-state index is 10.1. The summed E-state index contributed by atoms with van der Waals surface area (Å²) in [4.78, 5) is 0. The molecule has 0 radical (unpaired) electrons. The highest BCUT2D eigenvalue weighted by molar-refractivity contribution is 6.74. The zero-order valence-corrected chi connectivity index (χ0v) is 14.9. The quantitative estimate of drug-likeness (QED) is 0.787. The van der Waals surface area contributed by atoms with Gasteiger partial charge in [-0.1, -0.05) is 45.1 Å². The minimum atomic E-state index is -1.69. The first kappa shape index (κ1) is 17.0. The van der Waals surface area contributed by atoms with Crippen LogP contribution < -0.4 is 0 Å². The number of aromatic hydroxyl groups is 1. The normalized spacial score (nSPS) is 13.2. The molecule has 0 aliphatic rings. The fourth-order valence-corrected chi connectivity index (χ4v) is 2.61. The van der Waals surface area contributed by atoms with Crippen molar-refractivity contribution < 1.29 is 9.53 Å². The Morgan fingerprint density at radius 2 is 1.70 bits per heavy atom. The van der Waals surface area contributed by atoms with Crippen LogP contribution in [0.2, 0.25) is 18.1 Å². The Morgan fingerprint density at radius 1 is 1.15 bits per heavy atom. The average Bonchev–Trinajstić information content (AvgIpc) is 2.31. The van der Waals surface area contributed by atoms with Gasteiger partial charge in [-0.2, -0.15) is 0 Å². The monoisotopic (exact) mass is 292 g/mol. The lowest BCUT2D eigenvalue weighted by Gasteiger charge is -2.35. The molecule has 112 valence electrons. The Morgan fingerprint density at radius 3 is 2.25 bits per heavy atom. The maximum Gasteiger partial charge on any atom is 0.192 e. The third-order valence-electron chi connectivity index (χ3n) is 4.27. The molecule has 0 bridgehead atoms. The van der Waals surface area contributed by atoms with Gasteiger partial charge in [0.1, 0.15) is 5.75 Å². The molecule has 0 amide bonds. The SMILES string of the molecule is Cc1ccc(C)c(/C=C\CO[Si](C)(C)C(C)(C)C)c1O. The Bertz CT molecular complexity index is 496. The summed E-state index contributed by atoms with van der Waals surface area (Å²) in [5, 5.41) is 10.3. The molecule has 0 spiro atoms. The summed E-state index contributed by atoms with van der Waals surface area (Å²) in [5.41, 5.74) is 2.88. The number of phenolic OH excluding ortho intramolecular Hbond substituents is 1. The minimum absolute atomic E-state index is 0.224. The standard InChI is InChI=1S/C17H28O2Si/c1-13-10-11-14(2)16(18)15(13)9-8-12-19-20(6,7)17(3,4)5/h8-11,18H,12H2,1-7H3/b9-8-. The van der Waals surface area contributed by atoms with Crippen molar-refractivity contribution in [3.05, 3.63) is 34.9 Å². The van der Waals surface area contributed by atoms with E-state index in [1.165, 1.54) is 0 Å². The largest absolute Gasteiger partial charge is 0.507 e. The first-order chi connectivity index (χ1) is 9.06. The van der Waals surface area contributed by atoms with Crippen molar-refractivity contribution in [3.63, 3.8) is 0 Å². The zero-order valence-electron chi connectivity index (χ0n) is 13.9. The van der Waals surface area contributed by atoms with E-state index in [9.17, 15) is 5.11 Å². The number of phenols is 1. The predicted octanol–water partition coefficient (Wildman–Crippen LogP) is 5.04. The maximum absolute atomic E-state index is 10.1. The van der Waals surface area contributed by atoms with E-state index in [1.54, 1.807) is 0 Å². The average molecular weight is 292 g/mol. The molecule has 0 aliphatic heterocycles. The van der Waals surface area contributed by atoms with Crippen LogP contribution in [0.5, 0.6) is 5.75 Å². The number of hydrogen-bond acceptors (Lipinski definition) is 2. The molecule has 0 aliphatic carbocycles. The van der Waals surface area contributed by atoms with Crippen LogP contribution in [-0.2, 0) is 4.43 Å². The highest BCUT2D eigenvalue weighted by atomic mass is 28.4. The summed E-state index contributed by atoms with van der Waals surface area (Å²) >= 11 is 0. The fraction of sp³-hybridized carbons (Fsp3) is 0.529. The fourth-order valence-electron chi connectivity index (χ4n) is 1.67. The molecule has 1 rings (SSSR count). The smallest absolute Gasteiger partial charge is 0.192 e. The topological polar surface area (TPSA) is 29.5 Å². The molecule has 2 nitrogen and oxygen atoms in total. The van der Waals surface area contributed by atoms with Crippen molar-refractivity contribution in [2.24, 2.45) is 0 Å². The van der Waals surface area contributed by atoms with Crippen LogP contribution in [0.1, 0.15) is 37.5 Å². The molecular weight excluding hydrogens is 264 g/mol. The van der Waals surface area contributed by atoms with Gasteiger partial charge in [-0.25, -0.2) is 0 Å². The van der Waals surface area contributed by atoms with Crippen LogP contribution >= 0.6 is 0 Å². The second-order valence-corrected chi connectivity index (χ2v) is 11.7. The van der Waals surface area contributed by atoms with Gasteiger partial charge in [-0.15, -0.1) is 0 Å². The van der Waals surface area contributed by atoms with Gasteiger partial charge in [-0.05, 0) is 43.1 Å². The van der Waals surface area contributed by atoms with E-state index in [0.717, 1.165) is 16.7 Å². The van der Waals surface area contributed by atoms with Gasteiger partial charge in [0.2, 0.25) is 0 Å². The van der Waals surface area contributed by atoms with Crippen molar-refractivity contribution in [1.29, 1.82) is 0 Å². The highest BCUT2D eigenvalue weighted by Gasteiger charge is 2.36. The van der Waals surface area contributed by atoms with E-state index in [4.69, 9.17) is 4.43 Å². The van der Waals surface area contributed by atoms with E-state index < -0.39 is 8.32 Å². The first-order valence-corrected chi connectivity index (χ1v) is 10.1. The van der Waals surface area contributed by atoms with E-state index in [2.05, 4.69) is 33.9 Å². The predicted molar refractivity (Wildman–Crippen MR) is 89.8 cm³/mol. The van der Waals surface area contributed by atoms with E-state index in [1.807, 2.05) is 38.1 Å². The minimum Gasteiger partial charge on any atom is -0.507 e. The molecule has 0 saturated heterocycles. The molecule has 0 atom stereocenters. The zero-order chi connectivity index (χ0) is 15.6. The molecule has 3 heteroatoms. The Hall–Kier alpha value is -1.06. The summed E-state index contributed by atoms with van der Waals surface area (Å²) in [7, 11) is -1.69. The van der Waals surface area contributed by atoms with Gasteiger partial charge in [0.15, 0.2) is 8.32 Å². The highest BCUT2D eigenvalue weighted by Crippen LogP contribution is 2.36. The lowest BCUT2D eigenvalue weighted by molar-refractivity contribution is 0.328. The van der Waals surface area contributed by atoms with Gasteiger partial charge in [-0.3, -0.25) is 0 Å². The van der Waals surface area contributed by atoms with E-state index >= 15 is 0 Å². The lowest BCUT2D eigenvalue weighted by atomic mass is 10.0. The molecule has 0 fully saturated rings. The summed E-state index contributed by atoms with van der Waals surface area (Å²) in [5.74, 6) is 0.369. The number of hydrogen-bond donors (Lipinski definition) is 1. The number of benzene rings is 1. The van der Waals surface area contributed by atoms with Gasteiger partial charge in [0.05, 0.1) is 6.61 Å². The number of rotatable bonds is 4. The van der Waals surface area contributed by atoms with Crippen LogP contribution in [0.4, 0.5) is 0 Å². The lowest BCUT2D eigenvalue weighted by Crippen LogP contribution is -2.40. The molecule has 1 aromatic rings. The number of aryl methyl sites for hydroxylation is 2.